The van der Waals surface area contributed by atoms with Crippen molar-refractivity contribution in [2.75, 3.05) is 19.9 Å². The standard InChI is InChI=1S/C8H19OP/c1-9-7-5-3-2-4-6-8-10/h2-8,10H2,1H3. The summed E-state index contributed by atoms with van der Waals surface area (Å²) in [5, 5.41) is 0. The summed E-state index contributed by atoms with van der Waals surface area (Å²) in [5.74, 6) is 0. The van der Waals surface area contributed by atoms with Crippen LogP contribution < -0.4 is 0 Å². The quantitative estimate of drug-likeness (QED) is 0.412. The van der Waals surface area contributed by atoms with Gasteiger partial charge in [0.25, 0.3) is 0 Å². The molecule has 0 aromatic rings. The average molecular weight is 162 g/mol. The van der Waals surface area contributed by atoms with Gasteiger partial charge in [0.1, 0.15) is 0 Å². The molecule has 0 rings (SSSR count). The van der Waals surface area contributed by atoms with Crippen LogP contribution in [0.15, 0.2) is 0 Å². The summed E-state index contributed by atoms with van der Waals surface area (Å²) in [6.45, 7) is 0.931. The van der Waals surface area contributed by atoms with Gasteiger partial charge in [0.15, 0.2) is 0 Å². The molecule has 0 aliphatic rings. The lowest BCUT2D eigenvalue weighted by Crippen LogP contribution is -1.88. The number of unbranched alkanes of at least 4 members (excludes halogenated alkanes) is 4. The summed E-state index contributed by atoms with van der Waals surface area (Å²) >= 11 is 0. The van der Waals surface area contributed by atoms with Crippen molar-refractivity contribution in [2.24, 2.45) is 0 Å². The molecule has 0 amide bonds. The van der Waals surface area contributed by atoms with Crippen LogP contribution in [-0.2, 0) is 4.74 Å². The molecular weight excluding hydrogens is 143 g/mol. The Bertz CT molecular complexity index is 49.2. The van der Waals surface area contributed by atoms with Crippen molar-refractivity contribution >= 4 is 9.24 Å². The van der Waals surface area contributed by atoms with Crippen LogP contribution >= 0.6 is 9.24 Å². The second kappa shape index (κ2) is 9.39. The van der Waals surface area contributed by atoms with E-state index in [-0.39, 0.29) is 0 Å². The lowest BCUT2D eigenvalue weighted by Gasteiger charge is -1.98. The van der Waals surface area contributed by atoms with Crippen LogP contribution in [0.1, 0.15) is 32.1 Å². The van der Waals surface area contributed by atoms with Crippen molar-refractivity contribution in [1.29, 1.82) is 0 Å². The fourth-order valence-electron chi connectivity index (χ4n) is 0.921. The monoisotopic (exact) mass is 162 g/mol. The van der Waals surface area contributed by atoms with Crippen molar-refractivity contribution < 1.29 is 4.74 Å². The molecule has 0 radical (unpaired) electrons. The van der Waals surface area contributed by atoms with Crippen molar-refractivity contribution in [3.63, 3.8) is 0 Å². The van der Waals surface area contributed by atoms with E-state index >= 15 is 0 Å². The van der Waals surface area contributed by atoms with E-state index < -0.39 is 0 Å². The molecule has 0 bridgehead atoms. The van der Waals surface area contributed by atoms with Gasteiger partial charge >= 0.3 is 0 Å². The third-order valence-electron chi connectivity index (χ3n) is 1.55. The first-order valence-electron chi connectivity index (χ1n) is 4.11. The highest BCUT2D eigenvalue weighted by atomic mass is 31.0. The highest BCUT2D eigenvalue weighted by Gasteiger charge is 1.87. The summed E-state index contributed by atoms with van der Waals surface area (Å²) in [5.41, 5.74) is 0. The Hall–Kier alpha value is 0.390. The van der Waals surface area contributed by atoms with Crippen LogP contribution in [-0.4, -0.2) is 19.9 Å². The summed E-state index contributed by atoms with van der Waals surface area (Å²) in [6.07, 6.45) is 7.93. The Morgan fingerprint density at radius 2 is 1.60 bits per heavy atom. The summed E-state index contributed by atoms with van der Waals surface area (Å²) in [7, 11) is 4.53. The molecule has 62 valence electrons. The van der Waals surface area contributed by atoms with Gasteiger partial charge in [-0.1, -0.05) is 19.3 Å². The number of hydrogen-bond donors (Lipinski definition) is 0. The van der Waals surface area contributed by atoms with Gasteiger partial charge in [-0.25, -0.2) is 0 Å². The molecule has 0 N–H and O–H groups in total. The Balaban J connectivity index is 2.65. The van der Waals surface area contributed by atoms with Crippen LogP contribution in [0.25, 0.3) is 0 Å². The van der Waals surface area contributed by atoms with Gasteiger partial charge in [-0.15, -0.1) is 9.24 Å². The third-order valence-corrected chi connectivity index (χ3v) is 1.96. The van der Waals surface area contributed by atoms with E-state index in [4.69, 9.17) is 4.74 Å². The van der Waals surface area contributed by atoms with Crippen molar-refractivity contribution in [3.8, 4) is 0 Å². The number of hydrogen-bond acceptors (Lipinski definition) is 1. The molecule has 0 saturated carbocycles. The number of methoxy groups -OCH3 is 1. The first-order valence-corrected chi connectivity index (χ1v) is 4.92. The van der Waals surface area contributed by atoms with Crippen LogP contribution in [0.3, 0.4) is 0 Å². The normalized spacial score (nSPS) is 10.2. The molecule has 0 saturated heterocycles. The van der Waals surface area contributed by atoms with E-state index in [1.807, 2.05) is 0 Å². The van der Waals surface area contributed by atoms with Gasteiger partial charge in [0, 0.05) is 13.7 Å². The maximum atomic E-state index is 4.94. The Kier molecular flexibility index (Phi) is 9.76. The van der Waals surface area contributed by atoms with Gasteiger partial charge in [0.2, 0.25) is 0 Å². The Labute approximate surface area is 66.7 Å². The van der Waals surface area contributed by atoms with Gasteiger partial charge < -0.3 is 4.74 Å². The lowest BCUT2D eigenvalue weighted by molar-refractivity contribution is 0.192. The van der Waals surface area contributed by atoms with E-state index in [0.717, 1.165) is 6.61 Å². The summed E-state index contributed by atoms with van der Waals surface area (Å²) in [6, 6.07) is 0. The van der Waals surface area contributed by atoms with E-state index in [0.29, 0.717) is 0 Å². The van der Waals surface area contributed by atoms with E-state index in [1.165, 1.54) is 38.3 Å². The molecule has 10 heavy (non-hydrogen) atoms. The predicted octanol–water partition coefficient (Wildman–Crippen LogP) is 2.46. The van der Waals surface area contributed by atoms with Crippen molar-refractivity contribution in [1.82, 2.24) is 0 Å². The average Bonchev–Trinajstić information content (AvgIpc) is 1.97. The lowest BCUT2D eigenvalue weighted by atomic mass is 10.2. The largest absolute Gasteiger partial charge is 0.385 e. The highest BCUT2D eigenvalue weighted by Crippen LogP contribution is 2.04. The minimum absolute atomic E-state index is 0.931. The molecule has 0 aliphatic heterocycles. The minimum Gasteiger partial charge on any atom is -0.385 e. The Morgan fingerprint density at radius 3 is 2.20 bits per heavy atom. The fraction of sp³-hybridized carbons (Fsp3) is 1.00. The summed E-state index contributed by atoms with van der Waals surface area (Å²) in [4.78, 5) is 0. The van der Waals surface area contributed by atoms with Crippen LogP contribution in [0.4, 0.5) is 0 Å². The van der Waals surface area contributed by atoms with Gasteiger partial charge in [-0.3, -0.25) is 0 Å². The molecule has 1 atom stereocenters. The van der Waals surface area contributed by atoms with Gasteiger partial charge in [-0.2, -0.15) is 0 Å². The maximum Gasteiger partial charge on any atom is 0.0462 e. The highest BCUT2D eigenvalue weighted by molar-refractivity contribution is 7.16. The maximum absolute atomic E-state index is 4.94. The van der Waals surface area contributed by atoms with Crippen molar-refractivity contribution in [2.45, 2.75) is 32.1 Å². The second-order valence-corrected chi connectivity index (χ2v) is 3.13. The smallest absolute Gasteiger partial charge is 0.0462 e. The first-order chi connectivity index (χ1) is 4.91. The topological polar surface area (TPSA) is 9.23 Å². The molecule has 0 heterocycles. The molecule has 0 aromatic heterocycles. The third kappa shape index (κ3) is 8.39. The zero-order valence-electron chi connectivity index (χ0n) is 6.94. The molecule has 0 spiro atoms. The summed E-state index contributed by atoms with van der Waals surface area (Å²) < 4.78 is 4.94. The van der Waals surface area contributed by atoms with Gasteiger partial charge in [0.05, 0.1) is 0 Å². The first kappa shape index (κ1) is 10.4. The molecule has 0 fully saturated rings. The van der Waals surface area contributed by atoms with Crippen LogP contribution in [0.5, 0.6) is 0 Å². The molecule has 1 nitrogen and oxygen atoms in total. The zero-order valence-corrected chi connectivity index (χ0v) is 8.09. The van der Waals surface area contributed by atoms with Gasteiger partial charge in [-0.05, 0) is 19.0 Å². The number of ether oxygens (including phenoxy) is 1. The molecular formula is C8H19OP. The van der Waals surface area contributed by atoms with E-state index in [1.54, 1.807) is 7.11 Å². The van der Waals surface area contributed by atoms with E-state index in [2.05, 4.69) is 9.24 Å². The predicted molar refractivity (Wildman–Crippen MR) is 49.5 cm³/mol. The molecule has 0 aliphatic carbocycles. The van der Waals surface area contributed by atoms with Crippen LogP contribution in [0.2, 0.25) is 0 Å². The SMILES string of the molecule is COCCCCCCCP. The Morgan fingerprint density at radius 1 is 1.00 bits per heavy atom. The number of rotatable bonds is 7. The van der Waals surface area contributed by atoms with E-state index in [9.17, 15) is 0 Å². The minimum atomic E-state index is 0.931. The van der Waals surface area contributed by atoms with Crippen LogP contribution in [0, 0.1) is 0 Å². The molecule has 2 heteroatoms. The second-order valence-electron chi connectivity index (χ2n) is 2.55. The zero-order chi connectivity index (χ0) is 7.66. The molecule has 1 unspecified atom stereocenters. The molecule has 0 aromatic carbocycles. The van der Waals surface area contributed by atoms with Crippen molar-refractivity contribution in [3.05, 3.63) is 0 Å². The fourth-order valence-corrected chi connectivity index (χ4v) is 1.21.